The minimum atomic E-state index is -4.25. The van der Waals surface area contributed by atoms with Crippen molar-refractivity contribution in [2.75, 3.05) is 6.54 Å². The molecule has 0 fully saturated rings. The normalized spacial score (nSPS) is 13.7. The third-order valence-corrected chi connectivity index (χ3v) is 2.94. The van der Waals surface area contributed by atoms with E-state index in [9.17, 15) is 17.6 Å². The van der Waals surface area contributed by atoms with Crippen molar-refractivity contribution < 1.29 is 17.6 Å². The molecule has 0 radical (unpaired) electrons. The summed E-state index contributed by atoms with van der Waals surface area (Å²) in [4.78, 5) is 0. The lowest BCUT2D eigenvalue weighted by atomic mass is 10.0. The molecule has 0 bridgehead atoms. The Kier molecular flexibility index (Phi) is 5.59. The maximum Gasteiger partial charge on any atom is 0.390 e. The lowest BCUT2D eigenvalue weighted by Crippen LogP contribution is -2.35. The van der Waals surface area contributed by atoms with E-state index in [4.69, 9.17) is 0 Å². The molecule has 0 amide bonds. The number of likely N-dealkylation sites (N-methyl/N-ethyl adjacent to an activating group) is 1. The topological polar surface area (TPSA) is 12.0 Å². The second-order valence-corrected chi connectivity index (χ2v) is 4.93. The van der Waals surface area contributed by atoms with Gasteiger partial charge in [0, 0.05) is 10.5 Å². The van der Waals surface area contributed by atoms with E-state index in [1.165, 1.54) is 18.2 Å². The maximum atomic E-state index is 13.5. The second kappa shape index (κ2) is 6.52. The summed E-state index contributed by atoms with van der Waals surface area (Å²) in [6.45, 7) is 2.14. The highest BCUT2D eigenvalue weighted by atomic mass is 79.9. The molecule has 1 atom stereocenters. The molecule has 1 aromatic rings. The molecule has 1 rings (SSSR count). The van der Waals surface area contributed by atoms with Crippen LogP contribution in [0.4, 0.5) is 17.6 Å². The van der Waals surface area contributed by atoms with Crippen molar-refractivity contribution in [2.24, 2.45) is 0 Å². The lowest BCUT2D eigenvalue weighted by Gasteiger charge is -2.20. The van der Waals surface area contributed by atoms with Crippen LogP contribution in [0.25, 0.3) is 0 Å². The quantitative estimate of drug-likeness (QED) is 0.804. The molecule has 0 aliphatic heterocycles. The second-order valence-electron chi connectivity index (χ2n) is 4.01. The molecule has 1 N–H and O–H groups in total. The highest BCUT2D eigenvalue weighted by Crippen LogP contribution is 2.24. The maximum absolute atomic E-state index is 13.5. The molecule has 0 aromatic heterocycles. The van der Waals surface area contributed by atoms with Crippen molar-refractivity contribution in [1.29, 1.82) is 0 Å². The first-order valence-electron chi connectivity index (χ1n) is 5.56. The van der Waals surface area contributed by atoms with E-state index in [0.717, 1.165) is 0 Å². The Hall–Kier alpha value is -0.620. The average molecular weight is 328 g/mol. The third kappa shape index (κ3) is 5.35. The Bertz CT molecular complexity index is 392. The van der Waals surface area contributed by atoms with Crippen LogP contribution in [0.3, 0.4) is 0 Å². The van der Waals surface area contributed by atoms with E-state index in [1.54, 1.807) is 6.92 Å². The summed E-state index contributed by atoms with van der Waals surface area (Å²) in [7, 11) is 0. The Morgan fingerprint density at radius 2 is 2.00 bits per heavy atom. The number of nitrogens with one attached hydrogen (secondary N) is 1. The Morgan fingerprint density at radius 1 is 1.33 bits per heavy atom. The predicted octanol–water partition coefficient (Wildman–Crippen LogP) is 4.06. The fourth-order valence-corrected chi connectivity index (χ4v) is 2.16. The molecule has 0 aliphatic rings. The monoisotopic (exact) mass is 327 g/mol. The number of hydrogen-bond acceptors (Lipinski definition) is 1. The fraction of sp³-hybridized carbons (Fsp3) is 0.500. The molecular formula is C12H14BrF4N. The van der Waals surface area contributed by atoms with E-state index >= 15 is 0 Å². The summed E-state index contributed by atoms with van der Waals surface area (Å²) in [6.07, 6.45) is -5.21. The SMILES string of the molecule is CCNC(Cc1cc(Br)ccc1F)CC(F)(F)F. The van der Waals surface area contributed by atoms with Crippen LogP contribution in [0, 0.1) is 5.82 Å². The van der Waals surface area contributed by atoms with Gasteiger partial charge in [-0.25, -0.2) is 4.39 Å². The zero-order valence-electron chi connectivity index (χ0n) is 9.82. The number of alkyl halides is 3. The molecule has 0 spiro atoms. The van der Waals surface area contributed by atoms with Crippen LogP contribution in [-0.2, 0) is 6.42 Å². The summed E-state index contributed by atoms with van der Waals surface area (Å²) in [5.41, 5.74) is 0.277. The molecular weight excluding hydrogens is 314 g/mol. The molecule has 0 saturated carbocycles. The van der Waals surface area contributed by atoms with Gasteiger partial charge in [0.05, 0.1) is 6.42 Å². The first-order chi connectivity index (χ1) is 8.31. The van der Waals surface area contributed by atoms with Crippen molar-refractivity contribution in [3.05, 3.63) is 34.1 Å². The van der Waals surface area contributed by atoms with Gasteiger partial charge in [-0.1, -0.05) is 22.9 Å². The van der Waals surface area contributed by atoms with Crippen molar-refractivity contribution in [3.8, 4) is 0 Å². The van der Waals surface area contributed by atoms with E-state index in [2.05, 4.69) is 21.2 Å². The minimum Gasteiger partial charge on any atom is -0.314 e. The van der Waals surface area contributed by atoms with Crippen LogP contribution in [0.15, 0.2) is 22.7 Å². The number of halogens is 5. The smallest absolute Gasteiger partial charge is 0.314 e. The van der Waals surface area contributed by atoms with Crippen LogP contribution in [0.5, 0.6) is 0 Å². The fourth-order valence-electron chi connectivity index (χ4n) is 1.75. The Labute approximate surface area is 112 Å². The summed E-state index contributed by atoms with van der Waals surface area (Å²) in [6, 6.07) is 3.47. The first-order valence-corrected chi connectivity index (χ1v) is 6.35. The highest BCUT2D eigenvalue weighted by Gasteiger charge is 2.31. The van der Waals surface area contributed by atoms with Gasteiger partial charge in [-0.05, 0) is 36.7 Å². The van der Waals surface area contributed by atoms with E-state index in [1.807, 2.05) is 0 Å². The third-order valence-electron chi connectivity index (χ3n) is 2.44. The number of hydrogen-bond donors (Lipinski definition) is 1. The summed E-state index contributed by atoms with van der Waals surface area (Å²) in [5.74, 6) is -0.483. The molecule has 0 aliphatic carbocycles. The Balaban J connectivity index is 2.79. The van der Waals surface area contributed by atoms with Gasteiger partial charge in [0.15, 0.2) is 0 Å². The van der Waals surface area contributed by atoms with Crippen LogP contribution in [0.2, 0.25) is 0 Å². The molecule has 102 valence electrons. The molecule has 0 heterocycles. The standard InChI is InChI=1S/C12H14BrF4N/c1-2-18-10(7-12(15,16)17)6-8-5-9(13)3-4-11(8)14/h3-5,10,18H,2,6-7H2,1H3. The van der Waals surface area contributed by atoms with Crippen molar-refractivity contribution >= 4 is 15.9 Å². The van der Waals surface area contributed by atoms with Gasteiger partial charge in [-0.3, -0.25) is 0 Å². The van der Waals surface area contributed by atoms with Crippen LogP contribution >= 0.6 is 15.9 Å². The first kappa shape index (κ1) is 15.4. The van der Waals surface area contributed by atoms with Crippen molar-refractivity contribution in [2.45, 2.75) is 32.0 Å². The van der Waals surface area contributed by atoms with Gasteiger partial charge < -0.3 is 5.32 Å². The molecule has 18 heavy (non-hydrogen) atoms. The van der Waals surface area contributed by atoms with E-state index in [-0.39, 0.29) is 12.0 Å². The molecule has 1 aromatic carbocycles. The Morgan fingerprint density at radius 3 is 2.56 bits per heavy atom. The van der Waals surface area contributed by atoms with Gasteiger partial charge in [0.1, 0.15) is 5.82 Å². The molecule has 1 unspecified atom stereocenters. The largest absolute Gasteiger partial charge is 0.390 e. The van der Waals surface area contributed by atoms with Crippen molar-refractivity contribution in [3.63, 3.8) is 0 Å². The number of rotatable bonds is 5. The van der Waals surface area contributed by atoms with E-state index < -0.39 is 24.5 Å². The van der Waals surface area contributed by atoms with Crippen molar-refractivity contribution in [1.82, 2.24) is 5.32 Å². The zero-order chi connectivity index (χ0) is 13.8. The van der Waals surface area contributed by atoms with Crippen LogP contribution < -0.4 is 5.32 Å². The van der Waals surface area contributed by atoms with Crippen LogP contribution in [-0.4, -0.2) is 18.8 Å². The molecule has 0 saturated heterocycles. The van der Waals surface area contributed by atoms with E-state index in [0.29, 0.717) is 11.0 Å². The van der Waals surface area contributed by atoms with Gasteiger partial charge in [0.2, 0.25) is 0 Å². The molecule has 1 nitrogen and oxygen atoms in total. The zero-order valence-corrected chi connectivity index (χ0v) is 11.4. The predicted molar refractivity (Wildman–Crippen MR) is 65.9 cm³/mol. The van der Waals surface area contributed by atoms with Gasteiger partial charge in [0.25, 0.3) is 0 Å². The minimum absolute atomic E-state index is 0.0125. The van der Waals surface area contributed by atoms with Gasteiger partial charge in [-0.2, -0.15) is 13.2 Å². The summed E-state index contributed by atoms with van der Waals surface area (Å²) in [5, 5.41) is 2.73. The summed E-state index contributed by atoms with van der Waals surface area (Å²) < 4.78 is 51.2. The van der Waals surface area contributed by atoms with Crippen LogP contribution in [0.1, 0.15) is 18.9 Å². The average Bonchev–Trinajstić information content (AvgIpc) is 2.21. The number of benzene rings is 1. The lowest BCUT2D eigenvalue weighted by molar-refractivity contribution is -0.139. The van der Waals surface area contributed by atoms with Gasteiger partial charge in [-0.15, -0.1) is 0 Å². The highest BCUT2D eigenvalue weighted by molar-refractivity contribution is 9.10. The summed E-state index contributed by atoms with van der Waals surface area (Å²) >= 11 is 3.18. The van der Waals surface area contributed by atoms with Gasteiger partial charge >= 0.3 is 6.18 Å². The molecule has 6 heteroatoms.